The van der Waals surface area contributed by atoms with Crippen LogP contribution >= 0.6 is 0 Å². The molecule has 4 rings (SSSR count). The minimum absolute atomic E-state index is 0.0998. The molecule has 0 bridgehead atoms. The van der Waals surface area contributed by atoms with Crippen LogP contribution in [-0.2, 0) is 16.0 Å². The Morgan fingerprint density at radius 1 is 1.05 bits per heavy atom. The summed E-state index contributed by atoms with van der Waals surface area (Å²) in [7, 11) is 4.66. The Balaban J connectivity index is 1.86. The molecule has 43 heavy (non-hydrogen) atoms. The third kappa shape index (κ3) is 6.74. The van der Waals surface area contributed by atoms with E-state index in [1.807, 2.05) is 45.0 Å². The molecule has 228 valence electrons. The zero-order valence-corrected chi connectivity index (χ0v) is 25.8. The van der Waals surface area contributed by atoms with Gasteiger partial charge in [-0.05, 0) is 72.7 Å². The number of pyridine rings is 1. The van der Waals surface area contributed by atoms with E-state index in [1.165, 1.54) is 13.0 Å². The monoisotopic (exact) mass is 588 g/mol. The highest BCUT2D eigenvalue weighted by Crippen LogP contribution is 2.50. The van der Waals surface area contributed by atoms with Gasteiger partial charge >= 0.3 is 0 Å². The first kappa shape index (κ1) is 31.3. The number of anilines is 2. The molecule has 0 radical (unpaired) electrons. The Morgan fingerprint density at radius 3 is 2.42 bits per heavy atom. The first-order valence-electron chi connectivity index (χ1n) is 14.4. The van der Waals surface area contributed by atoms with Gasteiger partial charge in [-0.15, -0.1) is 0 Å². The summed E-state index contributed by atoms with van der Waals surface area (Å²) in [6, 6.07) is 11.2. The number of ether oxygens (including phenoxy) is 3. The summed E-state index contributed by atoms with van der Waals surface area (Å²) >= 11 is 0. The third-order valence-corrected chi connectivity index (χ3v) is 7.86. The number of amides is 2. The molecule has 0 fully saturated rings. The van der Waals surface area contributed by atoms with Crippen LogP contribution in [0.25, 0.3) is 11.1 Å². The molecule has 2 aromatic carbocycles. The van der Waals surface area contributed by atoms with Crippen LogP contribution in [0.5, 0.6) is 17.2 Å². The van der Waals surface area contributed by atoms with Gasteiger partial charge in [-0.3, -0.25) is 14.4 Å². The second kappa shape index (κ2) is 13.6. The normalized spacial score (nSPS) is 15.1. The molecule has 10 nitrogen and oxygen atoms in total. The lowest BCUT2D eigenvalue weighted by Gasteiger charge is -2.24. The number of nitrogens with zero attached hydrogens (tertiary/aromatic N) is 1. The number of hydrogen-bond acceptors (Lipinski definition) is 8. The number of fused-ring (bicyclic) bond motifs is 3. The van der Waals surface area contributed by atoms with Crippen LogP contribution in [0.4, 0.5) is 11.5 Å². The summed E-state index contributed by atoms with van der Waals surface area (Å²) < 4.78 is 17.1. The van der Waals surface area contributed by atoms with Crippen LogP contribution in [0.15, 0.2) is 47.3 Å². The van der Waals surface area contributed by atoms with Crippen molar-refractivity contribution in [1.82, 2.24) is 10.3 Å². The largest absolute Gasteiger partial charge is 0.493 e. The molecular formula is C33H40N4O6. The molecule has 3 aromatic rings. The Kier molecular flexibility index (Phi) is 9.90. The van der Waals surface area contributed by atoms with Gasteiger partial charge < -0.3 is 30.2 Å². The van der Waals surface area contributed by atoms with Gasteiger partial charge in [0.15, 0.2) is 11.5 Å². The highest BCUT2D eigenvalue weighted by Gasteiger charge is 2.30. The Hall–Kier alpha value is -4.60. The number of carbonyl (C=O) groups is 2. The van der Waals surface area contributed by atoms with Crippen molar-refractivity contribution >= 4 is 23.3 Å². The van der Waals surface area contributed by atoms with E-state index in [2.05, 4.69) is 20.9 Å². The maximum Gasteiger partial charge on any atom is 0.248 e. The van der Waals surface area contributed by atoms with Gasteiger partial charge in [0, 0.05) is 18.2 Å². The second-order valence-corrected chi connectivity index (χ2v) is 10.8. The Morgan fingerprint density at radius 2 is 1.79 bits per heavy atom. The zero-order valence-electron chi connectivity index (χ0n) is 25.8. The minimum Gasteiger partial charge on any atom is -0.493 e. The fourth-order valence-corrected chi connectivity index (χ4v) is 5.51. The van der Waals surface area contributed by atoms with E-state index in [0.29, 0.717) is 53.5 Å². The molecule has 1 heterocycles. The third-order valence-electron chi connectivity index (χ3n) is 7.86. The number of aryl methyl sites for hydroxylation is 2. The van der Waals surface area contributed by atoms with E-state index in [0.717, 1.165) is 16.8 Å². The standard InChI is InChI=1S/C33H40N4O6/c1-8-18(2)30(33(40)37-28-11-9-10-19(3)34-28)36-25-15-13-22-23(17-26(25)39)24(35-20(4)38)14-12-21-16-27(41-5)31(42-6)32(43-7)29(21)22/h9-11,13,15-18,24,30H,8,12,14H2,1-7H3,(H,35,38)(H,36,39)(H,34,37,40)/t18-,24+,30+/m1/s1. The fourth-order valence-electron chi connectivity index (χ4n) is 5.51. The Bertz CT molecular complexity index is 1570. The van der Waals surface area contributed by atoms with E-state index >= 15 is 0 Å². The van der Waals surface area contributed by atoms with Crippen molar-refractivity contribution < 1.29 is 23.8 Å². The maximum absolute atomic E-state index is 13.8. The Labute approximate surface area is 252 Å². The molecule has 1 aromatic heterocycles. The molecule has 0 saturated heterocycles. The molecule has 3 atom stereocenters. The topological polar surface area (TPSA) is 128 Å². The summed E-state index contributed by atoms with van der Waals surface area (Å²) in [5, 5.41) is 9.12. The van der Waals surface area contributed by atoms with Crippen molar-refractivity contribution in [1.29, 1.82) is 0 Å². The SMILES string of the molecule is CC[C@@H](C)[C@H](Nc1ccc2c(cc1=O)[C@@H](NC(C)=O)CCc1cc(OC)c(OC)c(OC)c1-2)C(=O)Nc1cccc(C)n1. The molecule has 3 N–H and O–H groups in total. The number of rotatable bonds is 10. The van der Waals surface area contributed by atoms with Gasteiger partial charge in [0.2, 0.25) is 23.0 Å². The molecule has 0 aliphatic heterocycles. The smallest absolute Gasteiger partial charge is 0.248 e. The summed E-state index contributed by atoms with van der Waals surface area (Å²) in [5.41, 5.74) is 3.77. The average molecular weight is 589 g/mol. The average Bonchev–Trinajstić information content (AvgIpc) is 3.22. The van der Waals surface area contributed by atoms with Crippen molar-refractivity contribution in [3.63, 3.8) is 0 Å². The molecule has 0 saturated carbocycles. The van der Waals surface area contributed by atoms with Crippen LogP contribution in [0.1, 0.15) is 56.5 Å². The van der Waals surface area contributed by atoms with E-state index in [4.69, 9.17) is 14.2 Å². The maximum atomic E-state index is 13.8. The first-order valence-corrected chi connectivity index (χ1v) is 14.4. The lowest BCUT2D eigenvalue weighted by atomic mass is 9.95. The number of nitrogens with one attached hydrogen (secondary N) is 3. The molecule has 1 aliphatic carbocycles. The van der Waals surface area contributed by atoms with Crippen molar-refractivity contribution in [3.05, 3.63) is 69.5 Å². The van der Waals surface area contributed by atoms with Crippen molar-refractivity contribution in [2.24, 2.45) is 5.92 Å². The highest BCUT2D eigenvalue weighted by atomic mass is 16.5. The van der Waals surface area contributed by atoms with E-state index in [9.17, 15) is 14.4 Å². The molecule has 1 aliphatic rings. The highest BCUT2D eigenvalue weighted by molar-refractivity contribution is 5.96. The molecule has 2 amide bonds. The van der Waals surface area contributed by atoms with Gasteiger partial charge in [-0.2, -0.15) is 0 Å². The predicted molar refractivity (Wildman–Crippen MR) is 167 cm³/mol. The summed E-state index contributed by atoms with van der Waals surface area (Å²) in [4.78, 5) is 43.9. The first-order chi connectivity index (χ1) is 20.6. The summed E-state index contributed by atoms with van der Waals surface area (Å²) in [6.45, 7) is 7.25. The molecule has 0 unspecified atom stereocenters. The summed E-state index contributed by atoms with van der Waals surface area (Å²) in [6.07, 6.45) is 1.84. The number of aromatic nitrogens is 1. The van der Waals surface area contributed by atoms with E-state index in [-0.39, 0.29) is 28.8 Å². The number of benzene rings is 1. The van der Waals surface area contributed by atoms with Crippen molar-refractivity contribution in [2.75, 3.05) is 32.0 Å². The molecular weight excluding hydrogens is 548 g/mol. The van der Waals surface area contributed by atoms with Gasteiger partial charge in [-0.1, -0.05) is 32.4 Å². The van der Waals surface area contributed by atoms with Gasteiger partial charge in [0.05, 0.1) is 33.1 Å². The summed E-state index contributed by atoms with van der Waals surface area (Å²) in [5.74, 6) is 1.27. The van der Waals surface area contributed by atoms with Crippen LogP contribution in [0.3, 0.4) is 0 Å². The van der Waals surface area contributed by atoms with Gasteiger partial charge in [0.25, 0.3) is 0 Å². The van der Waals surface area contributed by atoms with Crippen molar-refractivity contribution in [2.45, 2.75) is 59.0 Å². The molecule has 0 spiro atoms. The fraction of sp³-hybridized carbons (Fsp3) is 0.394. The van der Waals surface area contributed by atoms with E-state index < -0.39 is 12.1 Å². The van der Waals surface area contributed by atoms with Crippen LogP contribution < -0.4 is 35.6 Å². The van der Waals surface area contributed by atoms with Crippen LogP contribution in [0, 0.1) is 12.8 Å². The second-order valence-electron chi connectivity index (χ2n) is 10.8. The lowest BCUT2D eigenvalue weighted by molar-refractivity contribution is -0.120. The number of hydrogen-bond donors (Lipinski definition) is 3. The number of carbonyl (C=O) groups excluding carboxylic acids is 2. The quantitative estimate of drug-likeness (QED) is 0.301. The number of methoxy groups -OCH3 is 3. The van der Waals surface area contributed by atoms with Crippen molar-refractivity contribution in [3.8, 4) is 28.4 Å². The molecule has 10 heteroatoms. The lowest BCUT2D eigenvalue weighted by Crippen LogP contribution is -2.40. The van der Waals surface area contributed by atoms with Gasteiger partial charge in [-0.25, -0.2) is 4.98 Å². The van der Waals surface area contributed by atoms with E-state index in [1.54, 1.807) is 33.5 Å². The predicted octanol–water partition coefficient (Wildman–Crippen LogP) is 5.03. The van der Waals surface area contributed by atoms with Crippen LogP contribution in [0.2, 0.25) is 0 Å². The zero-order chi connectivity index (χ0) is 31.3. The minimum atomic E-state index is -0.709. The van der Waals surface area contributed by atoms with Crippen LogP contribution in [-0.4, -0.2) is 44.2 Å². The van der Waals surface area contributed by atoms with Gasteiger partial charge in [0.1, 0.15) is 11.9 Å².